The minimum Gasteiger partial charge on any atom is -0.348 e. The van der Waals surface area contributed by atoms with Crippen molar-refractivity contribution < 1.29 is 4.79 Å². The van der Waals surface area contributed by atoms with Gasteiger partial charge >= 0.3 is 0 Å². The molecule has 1 aliphatic rings. The quantitative estimate of drug-likeness (QED) is 0.730. The molecular weight excluding hydrogens is 248 g/mol. The first-order valence-corrected chi connectivity index (χ1v) is 6.57. The van der Waals surface area contributed by atoms with Gasteiger partial charge in [-0.25, -0.2) is 0 Å². The third-order valence-corrected chi connectivity index (χ3v) is 3.72. The second kappa shape index (κ2) is 4.17. The van der Waals surface area contributed by atoms with Gasteiger partial charge in [0.15, 0.2) is 0 Å². The van der Waals surface area contributed by atoms with Crippen LogP contribution >= 0.6 is 0 Å². The van der Waals surface area contributed by atoms with Crippen molar-refractivity contribution >= 4 is 16.8 Å². The van der Waals surface area contributed by atoms with Crippen molar-refractivity contribution in [1.82, 2.24) is 10.3 Å². The first-order valence-electron chi connectivity index (χ1n) is 6.57. The lowest BCUT2D eigenvalue weighted by atomic mass is 10.0. The number of carbonyl (C=O) groups excluding carboxylic acids is 1. The zero-order valence-electron chi connectivity index (χ0n) is 10.8. The van der Waals surface area contributed by atoms with Crippen LogP contribution in [0.1, 0.15) is 15.9 Å². The number of pyridine rings is 1. The number of nitrogens with one attached hydrogen (secondary N) is 1. The predicted octanol–water partition coefficient (Wildman–Crippen LogP) is 3.15. The lowest BCUT2D eigenvalue weighted by Gasteiger charge is -2.05. The minimum atomic E-state index is 0.00981. The molecule has 4 rings (SSSR count). The van der Waals surface area contributed by atoms with E-state index in [9.17, 15) is 4.79 Å². The Kier molecular flexibility index (Phi) is 2.33. The summed E-state index contributed by atoms with van der Waals surface area (Å²) < 4.78 is 0. The van der Waals surface area contributed by atoms with Crippen molar-refractivity contribution in [3.05, 3.63) is 65.9 Å². The summed E-state index contributed by atoms with van der Waals surface area (Å²) in [6.07, 6.45) is 1.86. The van der Waals surface area contributed by atoms with Gasteiger partial charge in [0.05, 0.1) is 5.52 Å². The largest absolute Gasteiger partial charge is 0.348 e. The van der Waals surface area contributed by atoms with Crippen molar-refractivity contribution in [3.63, 3.8) is 0 Å². The molecule has 3 nitrogen and oxygen atoms in total. The van der Waals surface area contributed by atoms with Gasteiger partial charge in [0.2, 0.25) is 0 Å². The molecule has 20 heavy (non-hydrogen) atoms. The van der Waals surface area contributed by atoms with E-state index in [1.54, 1.807) is 0 Å². The van der Waals surface area contributed by atoms with Crippen LogP contribution in [0.15, 0.2) is 54.7 Å². The maximum Gasteiger partial charge on any atom is 0.251 e. The lowest BCUT2D eigenvalue weighted by molar-refractivity contribution is 0.0966. The molecule has 0 radical (unpaired) electrons. The number of hydrogen-bond donors (Lipinski definition) is 1. The van der Waals surface area contributed by atoms with E-state index in [1.165, 1.54) is 0 Å². The normalized spacial score (nSPS) is 13.3. The molecule has 0 unspecified atom stereocenters. The second-order valence-electron chi connectivity index (χ2n) is 4.97. The Balaban J connectivity index is 1.87. The predicted molar refractivity (Wildman–Crippen MR) is 78.3 cm³/mol. The Morgan fingerprint density at radius 3 is 2.85 bits per heavy atom. The van der Waals surface area contributed by atoms with E-state index < -0.39 is 0 Å². The number of benzene rings is 2. The van der Waals surface area contributed by atoms with E-state index in [-0.39, 0.29) is 5.91 Å². The van der Waals surface area contributed by atoms with Crippen molar-refractivity contribution in [3.8, 4) is 11.1 Å². The molecule has 3 aromatic rings. The van der Waals surface area contributed by atoms with Crippen LogP contribution in [0, 0.1) is 0 Å². The molecule has 1 N–H and O–H groups in total. The van der Waals surface area contributed by atoms with Crippen molar-refractivity contribution in [2.45, 2.75) is 6.54 Å². The summed E-state index contributed by atoms with van der Waals surface area (Å²) in [4.78, 5) is 16.2. The Hall–Kier alpha value is -2.68. The molecule has 2 heterocycles. The Labute approximate surface area is 116 Å². The Morgan fingerprint density at radius 2 is 1.90 bits per heavy atom. The van der Waals surface area contributed by atoms with Crippen LogP contribution in [0.3, 0.4) is 0 Å². The number of nitrogens with zero attached hydrogens (tertiary/aromatic N) is 1. The molecule has 96 valence electrons. The summed E-state index contributed by atoms with van der Waals surface area (Å²) in [5.41, 5.74) is 4.88. The molecule has 0 saturated heterocycles. The molecule has 1 amide bonds. The van der Waals surface area contributed by atoms with Gasteiger partial charge in [0.1, 0.15) is 0 Å². The zero-order valence-corrected chi connectivity index (χ0v) is 10.8. The van der Waals surface area contributed by atoms with Crippen LogP contribution in [0.5, 0.6) is 0 Å². The van der Waals surface area contributed by atoms with Gasteiger partial charge in [0.25, 0.3) is 5.91 Å². The number of carbonyl (C=O) groups is 1. The third-order valence-electron chi connectivity index (χ3n) is 3.72. The molecule has 1 aromatic heterocycles. The monoisotopic (exact) mass is 260 g/mol. The number of aromatic nitrogens is 1. The number of para-hydroxylation sites is 1. The van der Waals surface area contributed by atoms with E-state index in [0.717, 1.165) is 33.2 Å². The summed E-state index contributed by atoms with van der Waals surface area (Å²) in [6.45, 7) is 0.629. The van der Waals surface area contributed by atoms with Crippen LogP contribution < -0.4 is 5.32 Å². The SMILES string of the molecule is O=C1NCc2ccc(-c3cnc4ccccc4c3)cc21. The Morgan fingerprint density at radius 1 is 1.00 bits per heavy atom. The van der Waals surface area contributed by atoms with E-state index >= 15 is 0 Å². The Bertz CT molecular complexity index is 839. The fourth-order valence-corrected chi connectivity index (χ4v) is 2.62. The lowest BCUT2D eigenvalue weighted by Crippen LogP contribution is -2.12. The van der Waals surface area contributed by atoms with Crippen LogP contribution in [0.25, 0.3) is 22.0 Å². The third kappa shape index (κ3) is 1.67. The van der Waals surface area contributed by atoms with E-state index in [0.29, 0.717) is 6.54 Å². The van der Waals surface area contributed by atoms with Crippen LogP contribution in [0.4, 0.5) is 0 Å². The van der Waals surface area contributed by atoms with Crippen LogP contribution in [-0.4, -0.2) is 10.9 Å². The highest BCUT2D eigenvalue weighted by Gasteiger charge is 2.18. The number of hydrogen-bond acceptors (Lipinski definition) is 2. The molecule has 0 fully saturated rings. The smallest absolute Gasteiger partial charge is 0.251 e. The van der Waals surface area contributed by atoms with E-state index in [1.807, 2.05) is 48.7 Å². The number of amides is 1. The summed E-state index contributed by atoms with van der Waals surface area (Å²) in [5, 5.41) is 3.95. The molecule has 0 bridgehead atoms. The fourth-order valence-electron chi connectivity index (χ4n) is 2.62. The van der Waals surface area contributed by atoms with Gasteiger partial charge in [0, 0.05) is 29.3 Å². The van der Waals surface area contributed by atoms with Gasteiger partial charge in [-0.05, 0) is 29.3 Å². The van der Waals surface area contributed by atoms with Crippen molar-refractivity contribution in [2.75, 3.05) is 0 Å². The summed E-state index contributed by atoms with van der Waals surface area (Å²) >= 11 is 0. The van der Waals surface area contributed by atoms with E-state index in [4.69, 9.17) is 0 Å². The molecular formula is C17H12N2O. The van der Waals surface area contributed by atoms with Gasteiger partial charge in [-0.1, -0.05) is 30.3 Å². The average molecular weight is 260 g/mol. The van der Waals surface area contributed by atoms with Gasteiger partial charge in [-0.3, -0.25) is 9.78 Å². The standard InChI is InChI=1S/C17H12N2O/c20-17-15-8-11(5-6-13(15)9-19-17)14-7-12-3-1-2-4-16(12)18-10-14/h1-8,10H,9H2,(H,19,20). The highest BCUT2D eigenvalue weighted by atomic mass is 16.1. The second-order valence-corrected chi connectivity index (χ2v) is 4.97. The highest BCUT2D eigenvalue weighted by Crippen LogP contribution is 2.26. The average Bonchev–Trinajstić information content (AvgIpc) is 2.88. The summed E-state index contributed by atoms with van der Waals surface area (Å²) in [6, 6.07) is 16.1. The summed E-state index contributed by atoms with van der Waals surface area (Å²) in [5.74, 6) is 0.00981. The van der Waals surface area contributed by atoms with Gasteiger partial charge in [-0.2, -0.15) is 0 Å². The summed E-state index contributed by atoms with van der Waals surface area (Å²) in [7, 11) is 0. The minimum absolute atomic E-state index is 0.00981. The molecule has 0 aliphatic carbocycles. The molecule has 0 saturated carbocycles. The number of fused-ring (bicyclic) bond motifs is 2. The van der Waals surface area contributed by atoms with Crippen molar-refractivity contribution in [2.24, 2.45) is 0 Å². The van der Waals surface area contributed by atoms with Crippen LogP contribution in [0.2, 0.25) is 0 Å². The number of rotatable bonds is 1. The molecule has 0 spiro atoms. The molecule has 1 aliphatic heterocycles. The molecule has 0 atom stereocenters. The maximum absolute atomic E-state index is 11.7. The zero-order chi connectivity index (χ0) is 13.5. The van der Waals surface area contributed by atoms with Gasteiger partial charge in [-0.15, -0.1) is 0 Å². The topological polar surface area (TPSA) is 42.0 Å². The molecule has 2 aromatic carbocycles. The van der Waals surface area contributed by atoms with E-state index in [2.05, 4.69) is 16.4 Å². The van der Waals surface area contributed by atoms with Crippen molar-refractivity contribution in [1.29, 1.82) is 0 Å². The van der Waals surface area contributed by atoms with Crippen LogP contribution in [-0.2, 0) is 6.54 Å². The molecule has 3 heteroatoms. The first-order chi connectivity index (χ1) is 9.81. The van der Waals surface area contributed by atoms with Gasteiger partial charge < -0.3 is 5.32 Å². The first kappa shape index (κ1) is 11.2. The fraction of sp³-hybridized carbons (Fsp3) is 0.0588. The highest BCUT2D eigenvalue weighted by molar-refractivity contribution is 5.99. The maximum atomic E-state index is 11.7.